The summed E-state index contributed by atoms with van der Waals surface area (Å²) in [7, 11) is 0. The fourth-order valence-corrected chi connectivity index (χ4v) is 1.59. The predicted octanol–water partition coefficient (Wildman–Crippen LogP) is 1.51. The van der Waals surface area contributed by atoms with E-state index in [9.17, 15) is 5.11 Å². The lowest BCUT2D eigenvalue weighted by Crippen LogP contribution is -2.13. The Bertz CT molecular complexity index is 513. The summed E-state index contributed by atoms with van der Waals surface area (Å²) >= 11 is 0. The Morgan fingerprint density at radius 2 is 2.00 bits per heavy atom. The molecule has 18 heavy (non-hydrogen) atoms. The van der Waals surface area contributed by atoms with Gasteiger partial charge in [0.2, 0.25) is 0 Å². The number of nitrogens with zero attached hydrogens (tertiary/aromatic N) is 2. The van der Waals surface area contributed by atoms with E-state index in [1.165, 1.54) is 6.33 Å². The van der Waals surface area contributed by atoms with Crippen molar-refractivity contribution in [1.29, 1.82) is 0 Å². The average Bonchev–Trinajstić information content (AvgIpc) is 2.37. The zero-order valence-corrected chi connectivity index (χ0v) is 10.2. The first-order valence-electron chi connectivity index (χ1n) is 5.71. The molecule has 1 unspecified atom stereocenters. The zero-order valence-electron chi connectivity index (χ0n) is 10.2. The molecule has 0 aliphatic carbocycles. The van der Waals surface area contributed by atoms with Crippen LogP contribution in [-0.4, -0.2) is 21.6 Å². The number of hydrogen-bond acceptors (Lipinski definition) is 5. The predicted molar refractivity (Wildman–Crippen MR) is 71.1 cm³/mol. The summed E-state index contributed by atoms with van der Waals surface area (Å²) in [4.78, 5) is 8.07. The number of nitrogen functional groups attached to an aromatic ring is 1. The summed E-state index contributed by atoms with van der Waals surface area (Å²) < 4.78 is 0. The molecule has 5 heteroatoms. The number of aromatic nitrogens is 2. The van der Waals surface area contributed by atoms with Crippen LogP contribution in [-0.2, 0) is 0 Å². The molecule has 0 bridgehead atoms. The van der Waals surface area contributed by atoms with Crippen molar-refractivity contribution in [3.8, 4) is 0 Å². The van der Waals surface area contributed by atoms with Gasteiger partial charge >= 0.3 is 0 Å². The topological polar surface area (TPSA) is 84.1 Å². The summed E-state index contributed by atoms with van der Waals surface area (Å²) in [6, 6.07) is 9.00. The molecule has 0 saturated heterocycles. The number of benzene rings is 1. The number of hydrogen-bond donors (Lipinski definition) is 3. The van der Waals surface area contributed by atoms with Crippen molar-refractivity contribution in [2.45, 2.75) is 13.0 Å². The molecule has 0 amide bonds. The fraction of sp³-hybridized carbons (Fsp3) is 0.231. The standard InChI is InChI=1S/C13H16N4O/c1-9-6-13(17-8-16-9)15-7-12(18)10-2-4-11(14)5-3-10/h2-6,8,12,18H,7,14H2,1H3,(H,15,16,17). The molecular weight excluding hydrogens is 228 g/mol. The summed E-state index contributed by atoms with van der Waals surface area (Å²) in [6.45, 7) is 2.28. The van der Waals surface area contributed by atoms with Crippen LogP contribution in [0.4, 0.5) is 11.5 Å². The Morgan fingerprint density at radius 1 is 1.28 bits per heavy atom. The van der Waals surface area contributed by atoms with Crippen molar-refractivity contribution >= 4 is 11.5 Å². The molecule has 0 aliphatic rings. The molecule has 2 rings (SSSR count). The molecule has 1 aromatic heterocycles. The first kappa shape index (κ1) is 12.3. The van der Waals surface area contributed by atoms with Gasteiger partial charge in [-0.2, -0.15) is 0 Å². The van der Waals surface area contributed by atoms with E-state index in [1.807, 2.05) is 25.1 Å². The van der Waals surface area contributed by atoms with Gasteiger partial charge in [0, 0.05) is 24.0 Å². The second-order valence-electron chi connectivity index (χ2n) is 4.11. The van der Waals surface area contributed by atoms with Gasteiger partial charge < -0.3 is 16.2 Å². The number of aryl methyl sites for hydroxylation is 1. The van der Waals surface area contributed by atoms with Crippen LogP contribution in [0.1, 0.15) is 17.4 Å². The quantitative estimate of drug-likeness (QED) is 0.710. The average molecular weight is 244 g/mol. The Labute approximate surface area is 106 Å². The third-order valence-electron chi connectivity index (χ3n) is 2.60. The highest BCUT2D eigenvalue weighted by molar-refractivity contribution is 5.40. The number of nitrogens with one attached hydrogen (secondary N) is 1. The smallest absolute Gasteiger partial charge is 0.129 e. The third-order valence-corrected chi connectivity index (χ3v) is 2.60. The van der Waals surface area contributed by atoms with Crippen LogP contribution >= 0.6 is 0 Å². The molecular formula is C13H16N4O. The van der Waals surface area contributed by atoms with Crippen LogP contribution in [0.3, 0.4) is 0 Å². The molecule has 0 saturated carbocycles. The Morgan fingerprint density at radius 3 is 2.67 bits per heavy atom. The number of nitrogens with two attached hydrogens (primary N) is 1. The Balaban J connectivity index is 1.96. The van der Waals surface area contributed by atoms with Crippen molar-refractivity contribution in [2.24, 2.45) is 0 Å². The molecule has 0 fully saturated rings. The highest BCUT2D eigenvalue weighted by Gasteiger charge is 2.07. The minimum absolute atomic E-state index is 0.389. The monoisotopic (exact) mass is 244 g/mol. The van der Waals surface area contributed by atoms with Gasteiger partial charge in [-0.1, -0.05) is 12.1 Å². The van der Waals surface area contributed by atoms with Gasteiger partial charge in [0.25, 0.3) is 0 Å². The molecule has 1 atom stereocenters. The van der Waals surface area contributed by atoms with E-state index in [1.54, 1.807) is 12.1 Å². The van der Waals surface area contributed by atoms with Crippen LogP contribution in [0.15, 0.2) is 36.7 Å². The van der Waals surface area contributed by atoms with E-state index < -0.39 is 6.10 Å². The first-order chi connectivity index (χ1) is 8.65. The second-order valence-corrected chi connectivity index (χ2v) is 4.11. The van der Waals surface area contributed by atoms with Gasteiger partial charge in [0.1, 0.15) is 12.1 Å². The molecule has 0 spiro atoms. The zero-order chi connectivity index (χ0) is 13.0. The maximum absolute atomic E-state index is 10.00. The normalized spacial score (nSPS) is 12.1. The van der Waals surface area contributed by atoms with E-state index in [4.69, 9.17) is 5.73 Å². The van der Waals surface area contributed by atoms with Crippen molar-refractivity contribution in [3.05, 3.63) is 47.9 Å². The van der Waals surface area contributed by atoms with E-state index >= 15 is 0 Å². The maximum Gasteiger partial charge on any atom is 0.129 e. The second kappa shape index (κ2) is 5.46. The number of aliphatic hydroxyl groups is 1. The number of rotatable bonds is 4. The fourth-order valence-electron chi connectivity index (χ4n) is 1.59. The minimum atomic E-state index is -0.596. The molecule has 5 nitrogen and oxygen atoms in total. The lowest BCUT2D eigenvalue weighted by Gasteiger charge is -2.12. The molecule has 94 valence electrons. The largest absolute Gasteiger partial charge is 0.399 e. The lowest BCUT2D eigenvalue weighted by molar-refractivity contribution is 0.191. The number of anilines is 2. The maximum atomic E-state index is 10.00. The van der Waals surface area contributed by atoms with Gasteiger partial charge in [-0.05, 0) is 24.6 Å². The molecule has 4 N–H and O–H groups in total. The van der Waals surface area contributed by atoms with Gasteiger partial charge in [-0.15, -0.1) is 0 Å². The van der Waals surface area contributed by atoms with Crippen molar-refractivity contribution in [3.63, 3.8) is 0 Å². The van der Waals surface area contributed by atoms with Gasteiger partial charge in [-0.3, -0.25) is 0 Å². The van der Waals surface area contributed by atoms with Crippen LogP contribution < -0.4 is 11.1 Å². The van der Waals surface area contributed by atoms with Crippen LogP contribution in [0.25, 0.3) is 0 Å². The highest BCUT2D eigenvalue weighted by atomic mass is 16.3. The van der Waals surface area contributed by atoms with E-state index in [0.717, 1.165) is 11.3 Å². The molecule has 2 aromatic rings. The molecule has 1 aromatic carbocycles. The van der Waals surface area contributed by atoms with Crippen LogP contribution in [0.2, 0.25) is 0 Å². The summed E-state index contributed by atoms with van der Waals surface area (Å²) in [5.74, 6) is 0.706. The van der Waals surface area contributed by atoms with Crippen molar-refractivity contribution in [2.75, 3.05) is 17.6 Å². The lowest BCUT2D eigenvalue weighted by atomic mass is 10.1. The van der Waals surface area contributed by atoms with Crippen LogP contribution in [0.5, 0.6) is 0 Å². The Hall–Kier alpha value is -2.14. The summed E-state index contributed by atoms with van der Waals surface area (Å²) in [5, 5.41) is 13.1. The molecule has 1 heterocycles. The van der Waals surface area contributed by atoms with Crippen molar-refractivity contribution < 1.29 is 5.11 Å². The number of aliphatic hydroxyl groups excluding tert-OH is 1. The molecule has 0 radical (unpaired) electrons. The highest BCUT2D eigenvalue weighted by Crippen LogP contribution is 2.15. The third kappa shape index (κ3) is 3.18. The minimum Gasteiger partial charge on any atom is -0.399 e. The van der Waals surface area contributed by atoms with Gasteiger partial charge in [-0.25, -0.2) is 9.97 Å². The van der Waals surface area contributed by atoms with E-state index in [0.29, 0.717) is 18.1 Å². The molecule has 0 aliphatic heterocycles. The first-order valence-corrected chi connectivity index (χ1v) is 5.71. The van der Waals surface area contributed by atoms with E-state index in [-0.39, 0.29) is 0 Å². The van der Waals surface area contributed by atoms with Crippen molar-refractivity contribution in [1.82, 2.24) is 9.97 Å². The summed E-state index contributed by atoms with van der Waals surface area (Å²) in [5.41, 5.74) is 7.99. The van der Waals surface area contributed by atoms with Gasteiger partial charge in [0.15, 0.2) is 0 Å². The van der Waals surface area contributed by atoms with Crippen LogP contribution in [0, 0.1) is 6.92 Å². The van der Waals surface area contributed by atoms with Gasteiger partial charge in [0.05, 0.1) is 6.10 Å². The Kier molecular flexibility index (Phi) is 3.74. The summed E-state index contributed by atoms with van der Waals surface area (Å²) in [6.07, 6.45) is 0.897. The SMILES string of the molecule is Cc1cc(NCC(O)c2ccc(N)cc2)ncn1. The van der Waals surface area contributed by atoms with E-state index in [2.05, 4.69) is 15.3 Å².